The highest BCUT2D eigenvalue weighted by atomic mass is 35.5. The molecule has 13 heteroatoms. The summed E-state index contributed by atoms with van der Waals surface area (Å²) in [6.07, 6.45) is -4.76. The average Bonchev–Trinajstić information content (AvgIpc) is 3.02. The standard InChI is InChI=1S/C35H34Cl2F3N3O4S/c1-23(2)41-34(45)32(19-25-9-5-4-6-10-25)42(21-29-30(36)13-8-14-31(29)37)33(44)22-43(27-12-7-11-26(20-27)35(38,39)40)48(46,47)28-17-15-24(3)16-18-28/h4-18,20,23,32H,19,21-22H2,1-3H3,(H,41,45)/t32-/m0/s1. The van der Waals surface area contributed by atoms with Crippen LogP contribution < -0.4 is 9.62 Å². The van der Waals surface area contributed by atoms with Gasteiger partial charge in [-0.2, -0.15) is 13.2 Å². The van der Waals surface area contributed by atoms with Gasteiger partial charge in [-0.05, 0) is 68.8 Å². The lowest BCUT2D eigenvalue weighted by Crippen LogP contribution is -2.54. The largest absolute Gasteiger partial charge is 0.416 e. The van der Waals surface area contributed by atoms with Gasteiger partial charge in [0.25, 0.3) is 10.0 Å². The molecular weight excluding hydrogens is 686 g/mol. The second kappa shape index (κ2) is 15.4. The molecule has 254 valence electrons. The molecule has 4 rings (SSSR count). The summed E-state index contributed by atoms with van der Waals surface area (Å²) in [5, 5.41) is 3.23. The van der Waals surface area contributed by atoms with Crippen LogP contribution in [0.15, 0.2) is 102 Å². The summed E-state index contributed by atoms with van der Waals surface area (Å²) in [7, 11) is -4.61. The lowest BCUT2D eigenvalue weighted by atomic mass is 10.0. The Hall–Kier alpha value is -4.06. The second-order valence-electron chi connectivity index (χ2n) is 11.5. The molecule has 0 unspecified atom stereocenters. The van der Waals surface area contributed by atoms with E-state index in [0.717, 1.165) is 17.7 Å². The molecule has 0 saturated heterocycles. The highest BCUT2D eigenvalue weighted by Gasteiger charge is 2.37. The van der Waals surface area contributed by atoms with Crippen molar-refractivity contribution in [3.8, 4) is 0 Å². The summed E-state index contributed by atoms with van der Waals surface area (Å²) < 4.78 is 70.3. The number of benzene rings is 4. The number of carbonyl (C=O) groups is 2. The number of nitrogens with one attached hydrogen (secondary N) is 1. The Kier molecular flexibility index (Phi) is 11.8. The highest BCUT2D eigenvalue weighted by molar-refractivity contribution is 7.92. The minimum Gasteiger partial charge on any atom is -0.352 e. The van der Waals surface area contributed by atoms with E-state index in [1.807, 2.05) is 0 Å². The van der Waals surface area contributed by atoms with E-state index in [1.54, 1.807) is 69.3 Å². The maximum Gasteiger partial charge on any atom is 0.416 e. The predicted octanol–water partition coefficient (Wildman–Crippen LogP) is 7.68. The van der Waals surface area contributed by atoms with Crippen molar-refractivity contribution in [2.45, 2.75) is 56.9 Å². The molecule has 0 aliphatic rings. The van der Waals surface area contributed by atoms with Crippen LogP contribution in [0.3, 0.4) is 0 Å². The third kappa shape index (κ3) is 9.09. The molecule has 0 aliphatic carbocycles. The summed E-state index contributed by atoms with van der Waals surface area (Å²) in [5.41, 5.74) is 0.261. The lowest BCUT2D eigenvalue weighted by molar-refractivity contribution is -0.140. The van der Waals surface area contributed by atoms with E-state index in [0.29, 0.717) is 21.5 Å². The zero-order valence-corrected chi connectivity index (χ0v) is 28.7. The fourth-order valence-corrected chi connectivity index (χ4v) is 6.91. The van der Waals surface area contributed by atoms with Gasteiger partial charge in [0.05, 0.1) is 16.1 Å². The number of sulfonamides is 1. The van der Waals surface area contributed by atoms with Crippen molar-refractivity contribution in [2.75, 3.05) is 10.8 Å². The smallest absolute Gasteiger partial charge is 0.352 e. The Morgan fingerprint density at radius 1 is 0.854 bits per heavy atom. The third-order valence-corrected chi connectivity index (χ3v) is 9.94. The molecule has 0 fully saturated rings. The minimum atomic E-state index is -4.79. The van der Waals surface area contributed by atoms with Crippen LogP contribution in [0.1, 0.15) is 36.1 Å². The Bertz CT molecular complexity index is 1840. The number of carbonyl (C=O) groups excluding carboxylic acids is 2. The van der Waals surface area contributed by atoms with Crippen LogP contribution in [0.4, 0.5) is 18.9 Å². The number of rotatable bonds is 12. The molecule has 0 aliphatic heterocycles. The zero-order chi connectivity index (χ0) is 35.2. The van der Waals surface area contributed by atoms with Crippen LogP contribution in [-0.2, 0) is 38.8 Å². The first-order valence-electron chi connectivity index (χ1n) is 14.9. The number of anilines is 1. The van der Waals surface area contributed by atoms with Gasteiger partial charge >= 0.3 is 6.18 Å². The van der Waals surface area contributed by atoms with Gasteiger partial charge in [-0.15, -0.1) is 0 Å². The van der Waals surface area contributed by atoms with E-state index in [4.69, 9.17) is 23.2 Å². The fourth-order valence-electron chi connectivity index (χ4n) is 4.99. The fraction of sp³-hybridized carbons (Fsp3) is 0.257. The Balaban J connectivity index is 1.88. The van der Waals surface area contributed by atoms with Gasteiger partial charge < -0.3 is 10.2 Å². The molecule has 4 aromatic carbocycles. The van der Waals surface area contributed by atoms with Gasteiger partial charge in [0.2, 0.25) is 11.8 Å². The molecule has 0 aromatic heterocycles. The van der Waals surface area contributed by atoms with Crippen LogP contribution >= 0.6 is 23.2 Å². The summed E-state index contributed by atoms with van der Waals surface area (Å²) in [6, 6.07) is 21.5. The monoisotopic (exact) mass is 719 g/mol. The molecular formula is C35H34Cl2F3N3O4S. The number of hydrogen-bond donors (Lipinski definition) is 1. The van der Waals surface area contributed by atoms with Gasteiger partial charge in [-0.3, -0.25) is 13.9 Å². The topological polar surface area (TPSA) is 86.8 Å². The van der Waals surface area contributed by atoms with Crippen molar-refractivity contribution >= 4 is 50.7 Å². The van der Waals surface area contributed by atoms with Gasteiger partial charge in [-0.25, -0.2) is 8.42 Å². The second-order valence-corrected chi connectivity index (χ2v) is 14.1. The number of nitrogens with zero attached hydrogens (tertiary/aromatic N) is 2. The molecule has 0 spiro atoms. The molecule has 0 saturated carbocycles. The molecule has 48 heavy (non-hydrogen) atoms. The van der Waals surface area contributed by atoms with Crippen LogP contribution in [0.2, 0.25) is 10.0 Å². The molecule has 4 aromatic rings. The van der Waals surface area contributed by atoms with Crippen LogP contribution in [0, 0.1) is 6.92 Å². The van der Waals surface area contributed by atoms with Crippen LogP contribution in [0.5, 0.6) is 0 Å². The minimum absolute atomic E-state index is 0.0292. The lowest BCUT2D eigenvalue weighted by Gasteiger charge is -2.34. The van der Waals surface area contributed by atoms with Crippen molar-refractivity contribution in [1.29, 1.82) is 0 Å². The molecule has 1 atom stereocenters. The highest BCUT2D eigenvalue weighted by Crippen LogP contribution is 2.34. The summed E-state index contributed by atoms with van der Waals surface area (Å²) in [5.74, 6) is -1.41. The number of amides is 2. The van der Waals surface area contributed by atoms with Gasteiger partial charge in [0.15, 0.2) is 0 Å². The van der Waals surface area contributed by atoms with Gasteiger partial charge in [0, 0.05) is 34.6 Å². The van der Waals surface area contributed by atoms with Crippen molar-refractivity contribution in [1.82, 2.24) is 10.2 Å². The third-order valence-electron chi connectivity index (χ3n) is 7.44. The van der Waals surface area contributed by atoms with E-state index < -0.39 is 46.2 Å². The van der Waals surface area contributed by atoms with Gasteiger partial charge in [-0.1, -0.05) is 83.4 Å². The molecule has 7 nitrogen and oxygen atoms in total. The van der Waals surface area contributed by atoms with E-state index in [-0.39, 0.29) is 39.6 Å². The molecule has 1 N–H and O–H groups in total. The molecule has 0 radical (unpaired) electrons. The summed E-state index contributed by atoms with van der Waals surface area (Å²) in [6.45, 7) is 3.99. The van der Waals surface area contributed by atoms with Gasteiger partial charge in [0.1, 0.15) is 12.6 Å². The van der Waals surface area contributed by atoms with Crippen molar-refractivity contribution in [3.63, 3.8) is 0 Å². The van der Waals surface area contributed by atoms with E-state index in [2.05, 4.69) is 5.32 Å². The summed E-state index contributed by atoms with van der Waals surface area (Å²) in [4.78, 5) is 29.2. The van der Waals surface area contributed by atoms with E-state index in [9.17, 15) is 31.2 Å². The van der Waals surface area contributed by atoms with Crippen LogP contribution in [-0.4, -0.2) is 43.8 Å². The van der Waals surface area contributed by atoms with E-state index in [1.165, 1.54) is 35.2 Å². The molecule has 2 amide bonds. The molecule has 0 bridgehead atoms. The number of aryl methyl sites for hydroxylation is 1. The number of hydrogen-bond acceptors (Lipinski definition) is 4. The predicted molar refractivity (Wildman–Crippen MR) is 181 cm³/mol. The van der Waals surface area contributed by atoms with Crippen molar-refractivity contribution in [3.05, 3.63) is 129 Å². The molecule has 0 heterocycles. The Labute approximate surface area is 288 Å². The Morgan fingerprint density at radius 3 is 2.04 bits per heavy atom. The normalized spacial score (nSPS) is 12.4. The average molecular weight is 721 g/mol. The zero-order valence-electron chi connectivity index (χ0n) is 26.3. The first kappa shape index (κ1) is 36.8. The van der Waals surface area contributed by atoms with Crippen LogP contribution in [0.25, 0.3) is 0 Å². The number of halogens is 5. The first-order valence-corrected chi connectivity index (χ1v) is 17.1. The van der Waals surface area contributed by atoms with Crippen molar-refractivity contribution < 1.29 is 31.2 Å². The maximum absolute atomic E-state index is 14.5. The quantitative estimate of drug-likeness (QED) is 0.163. The maximum atomic E-state index is 14.5. The summed E-state index contributed by atoms with van der Waals surface area (Å²) >= 11 is 13.0. The Morgan fingerprint density at radius 2 is 1.46 bits per heavy atom. The number of alkyl halides is 3. The van der Waals surface area contributed by atoms with E-state index >= 15 is 0 Å². The first-order chi connectivity index (χ1) is 22.6. The van der Waals surface area contributed by atoms with Crippen molar-refractivity contribution in [2.24, 2.45) is 0 Å². The SMILES string of the molecule is Cc1ccc(S(=O)(=O)N(CC(=O)N(Cc2c(Cl)cccc2Cl)[C@@H](Cc2ccccc2)C(=O)NC(C)C)c2cccc(C(F)(F)F)c2)cc1.